The second-order valence-electron chi connectivity index (χ2n) is 7.68. The maximum atomic E-state index is 12.9. The first-order valence-electron chi connectivity index (χ1n) is 10.7. The van der Waals surface area contributed by atoms with Crippen molar-refractivity contribution in [3.8, 4) is 23.0 Å². The second kappa shape index (κ2) is 9.64. The van der Waals surface area contributed by atoms with Crippen molar-refractivity contribution in [2.24, 2.45) is 0 Å². The van der Waals surface area contributed by atoms with E-state index in [0.717, 1.165) is 22.4 Å². The number of ether oxygens (including phenoxy) is 4. The summed E-state index contributed by atoms with van der Waals surface area (Å²) in [4.78, 5) is 12.9. The molecule has 6 heteroatoms. The first kappa shape index (κ1) is 21.6. The van der Waals surface area contributed by atoms with Gasteiger partial charge in [0.2, 0.25) is 0 Å². The molecule has 1 heterocycles. The van der Waals surface area contributed by atoms with E-state index >= 15 is 0 Å². The lowest BCUT2D eigenvalue weighted by atomic mass is 10.1. The summed E-state index contributed by atoms with van der Waals surface area (Å²) in [7, 11) is 0. The topological polar surface area (TPSA) is 66.0 Å². The highest BCUT2D eigenvalue weighted by Gasteiger charge is 2.15. The molecule has 0 spiro atoms. The summed E-state index contributed by atoms with van der Waals surface area (Å²) in [5.74, 6) is 2.57. The smallest absolute Gasteiger partial charge is 0.255 e. The molecule has 1 amide bonds. The predicted molar refractivity (Wildman–Crippen MR) is 123 cm³/mol. The van der Waals surface area contributed by atoms with E-state index < -0.39 is 0 Å². The molecule has 0 fully saturated rings. The molecule has 166 valence electrons. The van der Waals surface area contributed by atoms with Crippen molar-refractivity contribution >= 4 is 11.6 Å². The SMILES string of the molecule is CCOc1ccc(C(=O)Nc2ccc3c(c2)OCCO3)cc1COc1cc(C)cc(C)c1. The van der Waals surface area contributed by atoms with Gasteiger partial charge < -0.3 is 24.3 Å². The number of hydrogen-bond donors (Lipinski definition) is 1. The minimum absolute atomic E-state index is 0.225. The number of carbonyl (C=O) groups excluding carboxylic acids is 1. The number of amides is 1. The van der Waals surface area contributed by atoms with Crippen LogP contribution in [-0.4, -0.2) is 25.7 Å². The second-order valence-corrected chi connectivity index (χ2v) is 7.68. The van der Waals surface area contributed by atoms with Crippen molar-refractivity contribution in [1.82, 2.24) is 0 Å². The zero-order chi connectivity index (χ0) is 22.5. The molecule has 0 bridgehead atoms. The molecule has 0 unspecified atom stereocenters. The molecule has 1 aliphatic rings. The molecule has 4 rings (SSSR count). The van der Waals surface area contributed by atoms with Crippen LogP contribution in [0.4, 0.5) is 5.69 Å². The first-order chi connectivity index (χ1) is 15.5. The summed E-state index contributed by atoms with van der Waals surface area (Å²) in [5, 5.41) is 2.92. The van der Waals surface area contributed by atoms with Crippen LogP contribution in [-0.2, 0) is 6.61 Å². The van der Waals surface area contributed by atoms with Gasteiger partial charge in [0, 0.05) is 22.9 Å². The molecular weight excluding hydrogens is 406 g/mol. The highest BCUT2D eigenvalue weighted by atomic mass is 16.6. The van der Waals surface area contributed by atoms with Gasteiger partial charge in [-0.3, -0.25) is 4.79 Å². The van der Waals surface area contributed by atoms with E-state index in [1.54, 1.807) is 30.3 Å². The number of anilines is 1. The van der Waals surface area contributed by atoms with Gasteiger partial charge in [0.05, 0.1) is 6.61 Å². The first-order valence-corrected chi connectivity index (χ1v) is 10.7. The standard InChI is InChI=1S/C26H27NO5/c1-4-29-23-7-5-19(14-20(23)16-32-22-12-17(2)11-18(3)13-22)26(28)27-21-6-8-24-25(15-21)31-10-9-30-24/h5-8,11-15H,4,9-10,16H2,1-3H3,(H,27,28). The summed E-state index contributed by atoms with van der Waals surface area (Å²) < 4.78 is 22.9. The van der Waals surface area contributed by atoms with E-state index in [4.69, 9.17) is 18.9 Å². The van der Waals surface area contributed by atoms with Gasteiger partial charge in [-0.15, -0.1) is 0 Å². The van der Waals surface area contributed by atoms with Gasteiger partial charge in [0.15, 0.2) is 11.5 Å². The summed E-state index contributed by atoms with van der Waals surface area (Å²) in [6.07, 6.45) is 0. The number of aryl methyl sites for hydroxylation is 2. The fourth-order valence-electron chi connectivity index (χ4n) is 3.63. The van der Waals surface area contributed by atoms with Crippen LogP contribution in [0.2, 0.25) is 0 Å². The molecular formula is C26H27NO5. The number of nitrogens with one attached hydrogen (secondary N) is 1. The summed E-state index contributed by atoms with van der Waals surface area (Å²) in [6.45, 7) is 7.84. The molecule has 0 aromatic heterocycles. The van der Waals surface area contributed by atoms with Crippen molar-refractivity contribution in [3.63, 3.8) is 0 Å². The highest BCUT2D eigenvalue weighted by Crippen LogP contribution is 2.33. The Labute approximate surface area is 188 Å². The number of carbonyl (C=O) groups is 1. The molecule has 3 aromatic carbocycles. The van der Waals surface area contributed by atoms with Gasteiger partial charge in [-0.05, 0) is 74.4 Å². The Bertz CT molecular complexity index is 1100. The van der Waals surface area contributed by atoms with Crippen LogP contribution in [0.3, 0.4) is 0 Å². The van der Waals surface area contributed by atoms with E-state index in [-0.39, 0.29) is 5.91 Å². The largest absolute Gasteiger partial charge is 0.493 e. The average Bonchev–Trinajstić information content (AvgIpc) is 2.78. The Morgan fingerprint density at radius 2 is 1.66 bits per heavy atom. The fraction of sp³-hybridized carbons (Fsp3) is 0.269. The third kappa shape index (κ3) is 5.14. The van der Waals surface area contributed by atoms with E-state index in [0.29, 0.717) is 54.9 Å². The third-order valence-electron chi connectivity index (χ3n) is 5.01. The average molecular weight is 434 g/mol. The van der Waals surface area contributed by atoms with Gasteiger partial charge in [0.25, 0.3) is 5.91 Å². The van der Waals surface area contributed by atoms with Crippen LogP contribution in [0.15, 0.2) is 54.6 Å². The zero-order valence-corrected chi connectivity index (χ0v) is 18.6. The van der Waals surface area contributed by atoms with Crippen molar-refractivity contribution in [3.05, 3.63) is 76.9 Å². The molecule has 0 radical (unpaired) electrons. The summed E-state index contributed by atoms with van der Waals surface area (Å²) >= 11 is 0. The lowest BCUT2D eigenvalue weighted by Crippen LogP contribution is -2.16. The highest BCUT2D eigenvalue weighted by molar-refractivity contribution is 6.04. The Balaban J connectivity index is 1.51. The summed E-state index contributed by atoms with van der Waals surface area (Å²) in [5.41, 5.74) is 4.24. The van der Waals surface area contributed by atoms with Gasteiger partial charge in [-0.25, -0.2) is 0 Å². The number of hydrogen-bond acceptors (Lipinski definition) is 5. The molecule has 6 nitrogen and oxygen atoms in total. The van der Waals surface area contributed by atoms with Gasteiger partial charge >= 0.3 is 0 Å². The minimum atomic E-state index is -0.225. The fourth-order valence-corrected chi connectivity index (χ4v) is 3.63. The van der Waals surface area contributed by atoms with Crippen LogP contribution in [0.25, 0.3) is 0 Å². The van der Waals surface area contributed by atoms with E-state index in [2.05, 4.69) is 11.4 Å². The van der Waals surface area contributed by atoms with Gasteiger partial charge in [-0.1, -0.05) is 6.07 Å². The predicted octanol–water partition coefficient (Wildman–Crippen LogP) is 5.30. The maximum Gasteiger partial charge on any atom is 0.255 e. The number of rotatable bonds is 7. The van der Waals surface area contributed by atoms with Crippen LogP contribution in [0.5, 0.6) is 23.0 Å². The molecule has 0 saturated carbocycles. The lowest BCUT2D eigenvalue weighted by Gasteiger charge is -2.19. The van der Waals surface area contributed by atoms with Crippen molar-refractivity contribution < 1.29 is 23.7 Å². The Kier molecular flexibility index (Phi) is 6.50. The molecule has 0 saturated heterocycles. The van der Waals surface area contributed by atoms with Crippen molar-refractivity contribution in [2.45, 2.75) is 27.4 Å². The molecule has 32 heavy (non-hydrogen) atoms. The maximum absolute atomic E-state index is 12.9. The van der Waals surface area contributed by atoms with E-state index in [1.165, 1.54) is 0 Å². The molecule has 0 atom stereocenters. The molecule has 1 N–H and O–H groups in total. The lowest BCUT2D eigenvalue weighted by molar-refractivity contribution is 0.102. The van der Waals surface area contributed by atoms with Crippen molar-refractivity contribution in [1.29, 1.82) is 0 Å². The zero-order valence-electron chi connectivity index (χ0n) is 18.6. The van der Waals surface area contributed by atoms with Crippen LogP contribution in [0, 0.1) is 13.8 Å². The van der Waals surface area contributed by atoms with Crippen LogP contribution in [0.1, 0.15) is 34.0 Å². The van der Waals surface area contributed by atoms with Gasteiger partial charge in [-0.2, -0.15) is 0 Å². The number of fused-ring (bicyclic) bond motifs is 1. The third-order valence-corrected chi connectivity index (χ3v) is 5.01. The van der Waals surface area contributed by atoms with Gasteiger partial charge in [0.1, 0.15) is 31.3 Å². The normalized spacial score (nSPS) is 12.2. The molecule has 1 aliphatic heterocycles. The summed E-state index contributed by atoms with van der Waals surface area (Å²) in [6, 6.07) is 16.8. The Hall–Kier alpha value is -3.67. The quantitative estimate of drug-likeness (QED) is 0.547. The Morgan fingerprint density at radius 3 is 2.41 bits per heavy atom. The molecule has 3 aromatic rings. The molecule has 0 aliphatic carbocycles. The number of benzene rings is 3. The van der Waals surface area contributed by atoms with Crippen molar-refractivity contribution in [2.75, 3.05) is 25.1 Å². The monoisotopic (exact) mass is 433 g/mol. The van der Waals surface area contributed by atoms with Crippen LogP contribution >= 0.6 is 0 Å². The van der Waals surface area contributed by atoms with E-state index in [1.807, 2.05) is 39.0 Å². The van der Waals surface area contributed by atoms with Crippen LogP contribution < -0.4 is 24.3 Å². The minimum Gasteiger partial charge on any atom is -0.493 e. The Morgan fingerprint density at radius 1 is 0.906 bits per heavy atom. The van der Waals surface area contributed by atoms with E-state index in [9.17, 15) is 4.79 Å².